The maximum absolute atomic E-state index is 10.4. The number of nitrogens with two attached hydrogens (primary N) is 4. The van der Waals surface area contributed by atoms with Crippen LogP contribution in [0.1, 0.15) is 20.7 Å². The van der Waals surface area contributed by atoms with E-state index in [0.29, 0.717) is 26.2 Å². The van der Waals surface area contributed by atoms with Gasteiger partial charge in [0.2, 0.25) is 0 Å². The standard InChI is InChI=1S/C8H6O4.2C2H8N2.Ni.H2O/c9-7(10)5-3-1-2-4-6(5)8(11)12;2*3-1-2-4;;/h1-4H,(H,9,10)(H,11,12);2*1-4H2;;1H2. The maximum atomic E-state index is 10.4. The summed E-state index contributed by atoms with van der Waals surface area (Å²) < 4.78 is 0. The molecule has 1 aromatic rings. The van der Waals surface area contributed by atoms with E-state index in [1.54, 1.807) is 0 Å². The van der Waals surface area contributed by atoms with Crippen molar-refractivity contribution in [3.8, 4) is 0 Å². The van der Waals surface area contributed by atoms with Gasteiger partial charge in [0.05, 0.1) is 11.5 Å². The molecule has 12 N–H and O–H groups in total. The number of benzene rings is 1. The molecular weight excluding hydrogens is 339 g/mol. The molecule has 0 amide bonds. The van der Waals surface area contributed by atoms with Gasteiger partial charge in [0.15, 0.2) is 0 Å². The molecule has 0 unspecified atom stereocenters. The van der Waals surface area contributed by atoms with E-state index in [-0.39, 0.29) is 33.1 Å². The number of rotatable bonds is 4. The molecule has 0 bridgehead atoms. The molecule has 0 aliphatic rings. The molecule has 10 heteroatoms. The molecule has 1 rings (SSSR count). The second-order valence-corrected chi connectivity index (χ2v) is 3.29. The number of hydrogen-bond acceptors (Lipinski definition) is 7. The molecule has 0 atom stereocenters. The van der Waals surface area contributed by atoms with Crippen molar-refractivity contribution in [2.75, 3.05) is 26.2 Å². The second kappa shape index (κ2) is 19.5. The third kappa shape index (κ3) is 14.9. The van der Waals surface area contributed by atoms with Crippen molar-refractivity contribution >= 4 is 11.9 Å². The van der Waals surface area contributed by atoms with Crippen LogP contribution >= 0.6 is 0 Å². The second-order valence-electron chi connectivity index (χ2n) is 3.29. The van der Waals surface area contributed by atoms with Crippen molar-refractivity contribution < 1.29 is 41.8 Å². The Morgan fingerprint density at radius 3 is 1.41 bits per heavy atom. The molecule has 0 fully saturated rings. The zero-order chi connectivity index (χ0) is 16.0. The smallest absolute Gasteiger partial charge is 0.336 e. The first-order chi connectivity index (χ1) is 9.45. The van der Waals surface area contributed by atoms with Crippen molar-refractivity contribution in [1.82, 2.24) is 0 Å². The van der Waals surface area contributed by atoms with Crippen molar-refractivity contribution in [2.24, 2.45) is 22.9 Å². The summed E-state index contributed by atoms with van der Waals surface area (Å²) in [5, 5.41) is 18.9. The van der Waals surface area contributed by atoms with Crippen LogP contribution in [0, 0.1) is 0 Å². The van der Waals surface area contributed by atoms with Gasteiger partial charge < -0.3 is 43.4 Å². The van der Waals surface area contributed by atoms with E-state index in [0.717, 1.165) is 0 Å². The summed E-state index contributed by atoms with van der Waals surface area (Å²) in [6.07, 6.45) is 0. The van der Waals surface area contributed by atoms with Gasteiger partial charge in [0, 0.05) is 48.2 Å². The Balaban J connectivity index is -0.000000138. The van der Waals surface area contributed by atoms with Crippen LogP contribution in [-0.2, 0) is 22.0 Å². The summed E-state index contributed by atoms with van der Waals surface area (Å²) in [6, 6.07) is 5.31. The van der Waals surface area contributed by atoms with Crippen molar-refractivity contribution in [2.45, 2.75) is 0 Å². The Hall–Kier alpha value is -1.55. The van der Waals surface area contributed by atoms with Gasteiger partial charge in [-0.25, -0.2) is 4.79 Å². The molecule has 9 nitrogen and oxygen atoms in total. The van der Waals surface area contributed by atoms with E-state index in [4.69, 9.17) is 28.0 Å². The van der Waals surface area contributed by atoms with Gasteiger partial charge in [0.25, 0.3) is 0 Å². The zero-order valence-electron chi connectivity index (χ0n) is 12.0. The Labute approximate surface area is 138 Å². The van der Waals surface area contributed by atoms with Crippen LogP contribution in [0.5, 0.6) is 0 Å². The fraction of sp³-hybridized carbons (Fsp3) is 0.333. The third-order valence-corrected chi connectivity index (χ3v) is 1.71. The zero-order valence-corrected chi connectivity index (χ0v) is 13.0. The molecule has 0 aliphatic carbocycles. The van der Waals surface area contributed by atoms with Crippen LogP contribution in [0.15, 0.2) is 24.3 Å². The molecule has 0 aromatic heterocycles. The summed E-state index contributed by atoms with van der Waals surface area (Å²) in [6.45, 7) is 2.39. The number of carbonyl (C=O) groups is 2. The number of carboxylic acid groups (broad SMARTS) is 2. The summed E-state index contributed by atoms with van der Waals surface area (Å²) in [5.74, 6) is -2.75. The molecule has 0 saturated heterocycles. The van der Waals surface area contributed by atoms with Crippen molar-refractivity contribution in [3.63, 3.8) is 0 Å². The topological polar surface area (TPSA) is 215 Å². The Morgan fingerprint density at radius 1 is 0.909 bits per heavy atom. The van der Waals surface area contributed by atoms with Crippen LogP contribution in [0.3, 0.4) is 0 Å². The summed E-state index contributed by atoms with van der Waals surface area (Å²) in [4.78, 5) is 20.8. The van der Waals surface area contributed by atoms with E-state index in [2.05, 4.69) is 0 Å². The monoisotopic (exact) mass is 362 g/mol. The summed E-state index contributed by atoms with van der Waals surface area (Å²) >= 11 is 0. The average molecular weight is 363 g/mol. The molecule has 0 heterocycles. The minimum absolute atomic E-state index is 0. The fourth-order valence-electron chi connectivity index (χ4n) is 0.848. The van der Waals surface area contributed by atoms with Crippen LogP contribution < -0.4 is 28.0 Å². The van der Waals surface area contributed by atoms with Crippen LogP contribution in [0.2, 0.25) is 0 Å². The fourth-order valence-corrected chi connectivity index (χ4v) is 0.848. The maximum Gasteiger partial charge on any atom is 0.336 e. The van der Waals surface area contributed by atoms with Gasteiger partial charge in [0.1, 0.15) is 0 Å². The Morgan fingerprint density at radius 2 is 1.23 bits per heavy atom. The number of carbonyl (C=O) groups excluding carboxylic acids is 1. The van der Waals surface area contributed by atoms with E-state index >= 15 is 0 Å². The van der Waals surface area contributed by atoms with Crippen LogP contribution in [0.25, 0.3) is 0 Å². The Kier molecular flexibility index (Phi) is 25.3. The molecule has 1 aromatic carbocycles. The number of hydrogen-bond donors (Lipinski definition) is 5. The molecular formula is C12H24N4NiO5. The van der Waals surface area contributed by atoms with E-state index in [1.807, 2.05) is 0 Å². The third-order valence-electron chi connectivity index (χ3n) is 1.71. The predicted octanol–water partition coefficient (Wildman–Crippen LogP) is -3.37. The summed E-state index contributed by atoms with van der Waals surface area (Å²) in [5.41, 5.74) is 19.1. The van der Waals surface area contributed by atoms with Gasteiger partial charge in [-0.05, 0) is 6.07 Å². The van der Waals surface area contributed by atoms with E-state index in [1.165, 1.54) is 24.3 Å². The quantitative estimate of drug-likeness (QED) is 0.268. The minimum atomic E-state index is -1.48. The molecule has 0 saturated carbocycles. The largest absolute Gasteiger partial charge is 0.545 e. The number of carboxylic acids is 2. The van der Waals surface area contributed by atoms with Gasteiger partial charge in [-0.15, -0.1) is 0 Å². The van der Waals surface area contributed by atoms with Crippen LogP contribution in [0.4, 0.5) is 0 Å². The van der Waals surface area contributed by atoms with Gasteiger partial charge >= 0.3 is 5.97 Å². The van der Waals surface area contributed by atoms with Gasteiger partial charge in [-0.3, -0.25) is 0 Å². The SMILES string of the molecule is NCCN.NCCN.O=C([O-])c1ccccc1C(=O)O.[Ni].[OH3+]. The molecule has 0 aliphatic heterocycles. The first kappa shape index (κ1) is 28.6. The normalized spacial score (nSPS) is 7.82. The molecule has 0 radical (unpaired) electrons. The average Bonchev–Trinajstić information content (AvgIpc) is 2.47. The van der Waals surface area contributed by atoms with Crippen molar-refractivity contribution in [1.29, 1.82) is 0 Å². The van der Waals surface area contributed by atoms with Gasteiger partial charge in [-0.1, -0.05) is 18.2 Å². The molecule has 132 valence electrons. The molecule has 0 spiro atoms. The first-order valence-electron chi connectivity index (χ1n) is 5.80. The van der Waals surface area contributed by atoms with Crippen molar-refractivity contribution in [3.05, 3.63) is 35.4 Å². The number of aromatic carboxylic acids is 2. The minimum Gasteiger partial charge on any atom is -0.545 e. The summed E-state index contributed by atoms with van der Waals surface area (Å²) in [7, 11) is 0. The van der Waals surface area contributed by atoms with E-state index < -0.39 is 11.9 Å². The molecule has 22 heavy (non-hydrogen) atoms. The van der Waals surface area contributed by atoms with Crippen LogP contribution in [-0.4, -0.2) is 43.2 Å². The Bertz CT molecular complexity index is 366. The van der Waals surface area contributed by atoms with E-state index in [9.17, 15) is 14.7 Å². The first-order valence-corrected chi connectivity index (χ1v) is 5.80. The predicted molar refractivity (Wildman–Crippen MR) is 78.8 cm³/mol. The van der Waals surface area contributed by atoms with Gasteiger partial charge in [-0.2, -0.15) is 0 Å².